The van der Waals surface area contributed by atoms with Gasteiger partial charge in [-0.25, -0.2) is 6.57 Å². The molecule has 3 fully saturated rings. The molecule has 0 spiro atoms. The molecule has 6 rings (SSSR count). The van der Waals surface area contributed by atoms with Crippen molar-refractivity contribution in [3.63, 3.8) is 0 Å². The van der Waals surface area contributed by atoms with E-state index in [1.165, 1.54) is 36.6 Å². The van der Waals surface area contributed by atoms with E-state index in [4.69, 9.17) is 21.3 Å². The third kappa shape index (κ3) is 6.63. The molecule has 1 saturated carbocycles. The van der Waals surface area contributed by atoms with Crippen molar-refractivity contribution < 1.29 is 9.53 Å². The standard InChI is InChI=1S/C30H38N8O2.2H2S/c1-4-28(39)38-15-14-37(18-23(38)16-31-2)29-25-10-13-36(27-17-32-11-9-24(27)21-7-8-21)19-26(25)33-30(34-29)40-20-22-6-5-12-35(22)3;;/h4,9,11,17,21-23H,1,5-8,10,12-16,18-20H2,3H3;2*1H2/t22-,23-;;/m0../s1. The summed E-state index contributed by atoms with van der Waals surface area (Å²) in [6.45, 7) is 16.3. The highest BCUT2D eigenvalue weighted by Crippen LogP contribution is 2.45. The van der Waals surface area contributed by atoms with Crippen LogP contribution in [-0.4, -0.2) is 95.7 Å². The molecule has 0 bridgehead atoms. The zero-order valence-corrected chi connectivity index (χ0v) is 26.3. The number of rotatable bonds is 8. The number of nitrogens with zero attached hydrogens (tertiary/aromatic N) is 8. The molecule has 10 nitrogen and oxygen atoms in total. The molecule has 0 aromatic carbocycles. The van der Waals surface area contributed by atoms with E-state index in [0.717, 1.165) is 43.0 Å². The number of fused-ring (bicyclic) bond motifs is 1. The molecule has 2 saturated heterocycles. The Bertz CT molecular complexity index is 1320. The maximum absolute atomic E-state index is 12.5. The Morgan fingerprint density at radius 3 is 2.69 bits per heavy atom. The van der Waals surface area contributed by atoms with E-state index in [1.54, 1.807) is 4.90 Å². The number of ether oxygens (including phenoxy) is 1. The lowest BCUT2D eigenvalue weighted by atomic mass is 10.0. The first-order valence-corrected chi connectivity index (χ1v) is 14.5. The molecule has 0 unspecified atom stereocenters. The molecule has 12 heteroatoms. The van der Waals surface area contributed by atoms with Gasteiger partial charge in [-0.15, -0.1) is 0 Å². The Labute approximate surface area is 262 Å². The maximum atomic E-state index is 12.5. The number of likely N-dealkylation sites (N-methyl/N-ethyl adjacent to an activating group) is 1. The molecule has 2 atom stereocenters. The minimum Gasteiger partial charge on any atom is -0.462 e. The SMILES string of the molecule is S.S.[C-]#[N+]C[C@H]1CN(c2nc(OC[C@@H]3CCCN3C)nc3c2CCN(c2cnccc2C2CC2)C3)CCN1C(=O)C=C. The van der Waals surface area contributed by atoms with Gasteiger partial charge in [-0.3, -0.25) is 9.78 Å². The number of carbonyl (C=O) groups is 1. The highest BCUT2D eigenvalue weighted by Gasteiger charge is 2.35. The fraction of sp³-hybridized carbons (Fsp3) is 0.567. The lowest BCUT2D eigenvalue weighted by Crippen LogP contribution is -2.56. The summed E-state index contributed by atoms with van der Waals surface area (Å²) in [6, 6.07) is 2.74. The van der Waals surface area contributed by atoms with Crippen LogP contribution in [0.1, 0.15) is 48.4 Å². The summed E-state index contributed by atoms with van der Waals surface area (Å²) >= 11 is 0. The molecule has 1 amide bonds. The van der Waals surface area contributed by atoms with Gasteiger partial charge in [-0.1, -0.05) is 6.58 Å². The number of hydrogen-bond donors (Lipinski definition) is 0. The maximum Gasteiger partial charge on any atom is 0.318 e. The summed E-state index contributed by atoms with van der Waals surface area (Å²) in [7, 11) is 2.14. The molecular formula is C30H42N8O2S2. The van der Waals surface area contributed by atoms with Crippen molar-refractivity contribution in [2.75, 3.05) is 62.7 Å². The van der Waals surface area contributed by atoms with Crippen molar-refractivity contribution in [2.24, 2.45) is 0 Å². The smallest absolute Gasteiger partial charge is 0.318 e. The molecule has 2 aromatic heterocycles. The number of amides is 1. The second kappa shape index (κ2) is 14.0. The summed E-state index contributed by atoms with van der Waals surface area (Å²) in [4.78, 5) is 39.3. The van der Waals surface area contributed by atoms with Crippen LogP contribution in [0.3, 0.4) is 0 Å². The molecular weight excluding hydrogens is 569 g/mol. The van der Waals surface area contributed by atoms with Crippen LogP contribution in [0.5, 0.6) is 6.01 Å². The van der Waals surface area contributed by atoms with Crippen molar-refractivity contribution in [3.05, 3.63) is 59.4 Å². The third-order valence-electron chi connectivity index (χ3n) is 8.83. The highest BCUT2D eigenvalue weighted by atomic mass is 32.1. The second-order valence-electron chi connectivity index (χ2n) is 11.4. The molecule has 3 aliphatic heterocycles. The molecule has 4 aliphatic rings. The van der Waals surface area contributed by atoms with E-state index < -0.39 is 0 Å². The third-order valence-corrected chi connectivity index (χ3v) is 8.83. The van der Waals surface area contributed by atoms with Crippen molar-refractivity contribution in [1.82, 2.24) is 24.8 Å². The summed E-state index contributed by atoms with van der Waals surface area (Å²) in [5.41, 5.74) is 4.73. The van der Waals surface area contributed by atoms with Gasteiger partial charge in [0.2, 0.25) is 12.5 Å². The topological polar surface area (TPSA) is 82.3 Å². The summed E-state index contributed by atoms with van der Waals surface area (Å²) < 4.78 is 6.27. The molecule has 5 heterocycles. The van der Waals surface area contributed by atoms with Gasteiger partial charge in [0, 0.05) is 44.0 Å². The van der Waals surface area contributed by atoms with Crippen LogP contribution in [0.15, 0.2) is 31.1 Å². The number of aromatic nitrogens is 3. The number of likely N-dealkylation sites (tertiary alicyclic amines) is 1. The van der Waals surface area contributed by atoms with Gasteiger partial charge in [-0.2, -0.15) is 37.0 Å². The zero-order chi connectivity index (χ0) is 27.6. The van der Waals surface area contributed by atoms with Crippen molar-refractivity contribution in [1.29, 1.82) is 0 Å². The van der Waals surface area contributed by atoms with Gasteiger partial charge in [0.25, 0.3) is 0 Å². The average Bonchev–Trinajstić information content (AvgIpc) is 3.76. The highest BCUT2D eigenvalue weighted by molar-refractivity contribution is 7.59. The summed E-state index contributed by atoms with van der Waals surface area (Å²) in [6.07, 6.45) is 10.8. The molecule has 42 heavy (non-hydrogen) atoms. The second-order valence-corrected chi connectivity index (χ2v) is 11.4. The van der Waals surface area contributed by atoms with Crippen molar-refractivity contribution in [3.8, 4) is 6.01 Å². The number of hydrogen-bond acceptors (Lipinski definition) is 8. The van der Waals surface area contributed by atoms with E-state index in [0.29, 0.717) is 50.8 Å². The van der Waals surface area contributed by atoms with E-state index in [-0.39, 0.29) is 45.5 Å². The van der Waals surface area contributed by atoms with E-state index in [9.17, 15) is 4.79 Å². The number of pyridine rings is 1. The minimum absolute atomic E-state index is 0. The number of carbonyl (C=O) groups excluding carboxylic acids is 1. The molecule has 0 N–H and O–H groups in total. The first kappa shape index (κ1) is 31.9. The molecule has 2 aromatic rings. The lowest BCUT2D eigenvalue weighted by molar-refractivity contribution is -0.128. The Kier molecular flexibility index (Phi) is 10.6. The van der Waals surface area contributed by atoms with Gasteiger partial charge in [0.05, 0.1) is 24.1 Å². The average molecular weight is 611 g/mol. The normalized spacial score (nSPS) is 22.0. The van der Waals surface area contributed by atoms with Gasteiger partial charge >= 0.3 is 6.01 Å². The Balaban J connectivity index is 0.00000202. The summed E-state index contributed by atoms with van der Waals surface area (Å²) in [5.74, 6) is 1.40. The van der Waals surface area contributed by atoms with Crippen molar-refractivity contribution in [2.45, 2.75) is 56.7 Å². The Morgan fingerprint density at radius 1 is 1.14 bits per heavy atom. The quantitative estimate of drug-likeness (QED) is 0.333. The first-order chi connectivity index (χ1) is 19.6. The van der Waals surface area contributed by atoms with Gasteiger partial charge in [-0.05, 0) is 69.3 Å². The predicted octanol–water partition coefficient (Wildman–Crippen LogP) is 3.13. The number of anilines is 2. The van der Waals surface area contributed by atoms with Crippen LogP contribution in [-0.2, 0) is 17.8 Å². The summed E-state index contributed by atoms with van der Waals surface area (Å²) in [5, 5.41) is 0. The Morgan fingerprint density at radius 2 is 1.98 bits per heavy atom. The lowest BCUT2D eigenvalue weighted by Gasteiger charge is -2.41. The van der Waals surface area contributed by atoms with Crippen LogP contribution >= 0.6 is 27.0 Å². The largest absolute Gasteiger partial charge is 0.462 e. The Hall–Kier alpha value is -3.01. The van der Waals surface area contributed by atoms with E-state index in [1.807, 2.05) is 12.4 Å². The van der Waals surface area contributed by atoms with Crippen LogP contribution in [0.2, 0.25) is 0 Å². The fourth-order valence-corrected chi connectivity index (χ4v) is 6.40. The van der Waals surface area contributed by atoms with Gasteiger partial charge < -0.3 is 29.2 Å². The van der Waals surface area contributed by atoms with Crippen molar-refractivity contribution >= 4 is 44.4 Å². The van der Waals surface area contributed by atoms with Gasteiger partial charge in [0.15, 0.2) is 0 Å². The minimum atomic E-state index is -0.213. The van der Waals surface area contributed by atoms with E-state index >= 15 is 0 Å². The van der Waals surface area contributed by atoms with E-state index in [2.05, 4.69) is 44.2 Å². The fourth-order valence-electron chi connectivity index (χ4n) is 6.40. The van der Waals surface area contributed by atoms with Crippen LogP contribution in [0.25, 0.3) is 4.85 Å². The molecule has 1 aliphatic carbocycles. The van der Waals surface area contributed by atoms with Crippen LogP contribution in [0.4, 0.5) is 11.5 Å². The predicted molar refractivity (Wildman–Crippen MR) is 174 cm³/mol. The zero-order valence-electron chi connectivity index (χ0n) is 24.3. The first-order valence-electron chi connectivity index (χ1n) is 14.5. The number of piperazine rings is 1. The van der Waals surface area contributed by atoms with Crippen LogP contribution < -0.4 is 14.5 Å². The van der Waals surface area contributed by atoms with Gasteiger partial charge in [0.1, 0.15) is 18.5 Å². The monoisotopic (exact) mass is 610 g/mol. The van der Waals surface area contributed by atoms with Crippen LogP contribution in [0, 0.1) is 6.57 Å². The molecule has 226 valence electrons. The molecule has 0 radical (unpaired) electrons.